The molecule has 1 heterocycles. The number of hydrogen-bond acceptors (Lipinski definition) is 2. The van der Waals surface area contributed by atoms with Crippen LogP contribution < -0.4 is 0 Å². The van der Waals surface area contributed by atoms with Crippen LogP contribution in [0, 0.1) is 5.41 Å². The van der Waals surface area contributed by atoms with Crippen molar-refractivity contribution in [1.82, 2.24) is 4.90 Å². The molecule has 0 aromatic carbocycles. The van der Waals surface area contributed by atoms with E-state index >= 15 is 0 Å². The molecular formula is C13H25NO2. The summed E-state index contributed by atoms with van der Waals surface area (Å²) in [4.78, 5) is 13.9. The molecule has 0 saturated carbocycles. The third-order valence-electron chi connectivity index (χ3n) is 2.88. The zero-order valence-corrected chi connectivity index (χ0v) is 11.5. The van der Waals surface area contributed by atoms with Gasteiger partial charge in [0.15, 0.2) is 0 Å². The van der Waals surface area contributed by atoms with Crippen LogP contribution in [0.4, 0.5) is 4.79 Å². The van der Waals surface area contributed by atoms with E-state index < -0.39 is 5.60 Å². The van der Waals surface area contributed by atoms with Gasteiger partial charge in [-0.2, -0.15) is 0 Å². The van der Waals surface area contributed by atoms with Crippen LogP contribution in [0.3, 0.4) is 0 Å². The van der Waals surface area contributed by atoms with Gasteiger partial charge >= 0.3 is 6.09 Å². The number of ether oxygens (including phenoxy) is 1. The molecule has 16 heavy (non-hydrogen) atoms. The van der Waals surface area contributed by atoms with Gasteiger partial charge in [0.05, 0.1) is 0 Å². The topological polar surface area (TPSA) is 29.5 Å². The summed E-state index contributed by atoms with van der Waals surface area (Å²) in [5, 5.41) is 0. The molecule has 1 aliphatic heterocycles. The van der Waals surface area contributed by atoms with Crippen molar-refractivity contribution in [1.29, 1.82) is 0 Å². The predicted octanol–water partition coefficient (Wildman–Crippen LogP) is 3.43. The van der Waals surface area contributed by atoms with Crippen molar-refractivity contribution in [2.24, 2.45) is 5.41 Å². The van der Waals surface area contributed by atoms with Crippen LogP contribution in [-0.2, 0) is 4.74 Å². The molecule has 1 amide bonds. The minimum Gasteiger partial charge on any atom is -0.444 e. The number of hydrogen-bond donors (Lipinski definition) is 0. The first-order valence-corrected chi connectivity index (χ1v) is 6.11. The highest BCUT2D eigenvalue weighted by molar-refractivity contribution is 5.69. The van der Waals surface area contributed by atoms with Crippen LogP contribution in [0.2, 0.25) is 0 Å². The SMILES string of the molecule is CC(C)(C)OC(=O)N1CCC[C@H]1C(C)(C)C. The second-order valence-corrected chi connectivity index (χ2v) is 6.70. The summed E-state index contributed by atoms with van der Waals surface area (Å²) in [6.07, 6.45) is 2.01. The molecule has 1 rings (SSSR count). The number of rotatable bonds is 0. The monoisotopic (exact) mass is 227 g/mol. The Morgan fingerprint density at radius 1 is 1.19 bits per heavy atom. The highest BCUT2D eigenvalue weighted by atomic mass is 16.6. The molecule has 3 heteroatoms. The first-order valence-electron chi connectivity index (χ1n) is 6.11. The van der Waals surface area contributed by atoms with E-state index in [1.54, 1.807) is 0 Å². The van der Waals surface area contributed by atoms with Crippen LogP contribution in [0.25, 0.3) is 0 Å². The third-order valence-corrected chi connectivity index (χ3v) is 2.88. The lowest BCUT2D eigenvalue weighted by molar-refractivity contribution is 0.0123. The van der Waals surface area contributed by atoms with E-state index in [1.165, 1.54) is 0 Å². The van der Waals surface area contributed by atoms with Gasteiger partial charge in [0.2, 0.25) is 0 Å². The fourth-order valence-corrected chi connectivity index (χ4v) is 2.21. The van der Waals surface area contributed by atoms with Crippen LogP contribution in [-0.4, -0.2) is 29.2 Å². The van der Waals surface area contributed by atoms with Crippen LogP contribution >= 0.6 is 0 Å². The van der Waals surface area contributed by atoms with E-state index in [2.05, 4.69) is 20.8 Å². The van der Waals surface area contributed by atoms with E-state index in [-0.39, 0.29) is 11.5 Å². The molecule has 3 nitrogen and oxygen atoms in total. The Bertz CT molecular complexity index is 260. The summed E-state index contributed by atoms with van der Waals surface area (Å²) in [7, 11) is 0. The number of amides is 1. The van der Waals surface area contributed by atoms with Gasteiger partial charge in [-0.1, -0.05) is 20.8 Å². The van der Waals surface area contributed by atoms with Gasteiger partial charge in [0.1, 0.15) is 5.60 Å². The predicted molar refractivity (Wildman–Crippen MR) is 65.4 cm³/mol. The first-order chi connectivity index (χ1) is 7.11. The molecule has 0 bridgehead atoms. The number of likely N-dealkylation sites (tertiary alicyclic amines) is 1. The summed E-state index contributed by atoms with van der Waals surface area (Å²) < 4.78 is 5.43. The molecule has 0 aromatic rings. The fraction of sp³-hybridized carbons (Fsp3) is 0.923. The second kappa shape index (κ2) is 4.27. The lowest BCUT2D eigenvalue weighted by Crippen LogP contribution is -2.45. The van der Waals surface area contributed by atoms with Crippen LogP contribution in [0.15, 0.2) is 0 Å². The number of carbonyl (C=O) groups excluding carboxylic acids is 1. The van der Waals surface area contributed by atoms with Crippen LogP contribution in [0.5, 0.6) is 0 Å². The van der Waals surface area contributed by atoms with Crippen molar-refractivity contribution in [2.75, 3.05) is 6.54 Å². The van der Waals surface area contributed by atoms with Crippen molar-refractivity contribution in [3.05, 3.63) is 0 Å². The first kappa shape index (κ1) is 13.3. The smallest absolute Gasteiger partial charge is 0.410 e. The Hall–Kier alpha value is -0.730. The van der Waals surface area contributed by atoms with Gasteiger partial charge < -0.3 is 9.64 Å². The van der Waals surface area contributed by atoms with E-state index in [4.69, 9.17) is 4.74 Å². The number of nitrogens with zero attached hydrogens (tertiary/aromatic N) is 1. The molecule has 1 saturated heterocycles. The Kier molecular flexibility index (Phi) is 3.56. The largest absolute Gasteiger partial charge is 0.444 e. The average Bonchev–Trinajstić information content (AvgIpc) is 2.45. The summed E-state index contributed by atoms with van der Waals surface area (Å²) >= 11 is 0. The standard InChI is InChI=1S/C13H25NO2/c1-12(2,3)10-8-7-9-14(10)11(15)16-13(4,5)6/h10H,7-9H2,1-6H3/t10-/m0/s1. The Morgan fingerprint density at radius 3 is 2.19 bits per heavy atom. The van der Waals surface area contributed by atoms with E-state index in [0.717, 1.165) is 19.4 Å². The maximum absolute atomic E-state index is 12.0. The van der Waals surface area contributed by atoms with Crippen LogP contribution in [0.1, 0.15) is 54.4 Å². The molecule has 0 spiro atoms. The fourth-order valence-electron chi connectivity index (χ4n) is 2.21. The molecule has 0 unspecified atom stereocenters. The summed E-state index contributed by atoms with van der Waals surface area (Å²) in [6, 6.07) is 0.308. The van der Waals surface area contributed by atoms with Crippen molar-refractivity contribution in [3.8, 4) is 0 Å². The van der Waals surface area contributed by atoms with Gasteiger partial charge in [-0.3, -0.25) is 0 Å². The third kappa shape index (κ3) is 3.39. The summed E-state index contributed by atoms with van der Waals surface area (Å²) in [5.74, 6) is 0. The lowest BCUT2D eigenvalue weighted by Gasteiger charge is -2.35. The van der Waals surface area contributed by atoms with Crippen molar-refractivity contribution >= 4 is 6.09 Å². The highest BCUT2D eigenvalue weighted by Gasteiger charge is 2.38. The van der Waals surface area contributed by atoms with E-state index in [0.29, 0.717) is 6.04 Å². The molecule has 1 fully saturated rings. The lowest BCUT2D eigenvalue weighted by atomic mass is 9.85. The molecule has 0 N–H and O–H groups in total. The second-order valence-electron chi connectivity index (χ2n) is 6.70. The maximum Gasteiger partial charge on any atom is 0.410 e. The van der Waals surface area contributed by atoms with Gasteiger partial charge in [0, 0.05) is 12.6 Å². The molecule has 94 valence electrons. The highest BCUT2D eigenvalue weighted by Crippen LogP contribution is 2.33. The van der Waals surface area contributed by atoms with Gasteiger partial charge in [0.25, 0.3) is 0 Å². The van der Waals surface area contributed by atoms with Gasteiger partial charge in [-0.25, -0.2) is 4.79 Å². The Labute approximate surface area is 99.1 Å². The minimum atomic E-state index is -0.401. The molecule has 0 aromatic heterocycles. The molecule has 1 atom stereocenters. The number of carbonyl (C=O) groups is 1. The quantitative estimate of drug-likeness (QED) is 0.634. The maximum atomic E-state index is 12.0. The average molecular weight is 227 g/mol. The molecule has 0 aliphatic carbocycles. The Balaban J connectivity index is 2.69. The Morgan fingerprint density at radius 2 is 1.75 bits per heavy atom. The molecule has 0 radical (unpaired) electrons. The zero-order valence-electron chi connectivity index (χ0n) is 11.5. The van der Waals surface area contributed by atoms with E-state index in [1.807, 2.05) is 25.7 Å². The minimum absolute atomic E-state index is 0.132. The molecule has 1 aliphatic rings. The van der Waals surface area contributed by atoms with E-state index in [9.17, 15) is 4.79 Å². The van der Waals surface area contributed by atoms with Crippen molar-refractivity contribution in [2.45, 2.75) is 66.0 Å². The molecular weight excluding hydrogens is 202 g/mol. The summed E-state index contributed by atoms with van der Waals surface area (Å²) in [5.41, 5.74) is -0.268. The van der Waals surface area contributed by atoms with Gasteiger partial charge in [-0.05, 0) is 39.0 Å². The normalized spacial score (nSPS) is 22.4. The van der Waals surface area contributed by atoms with Gasteiger partial charge in [-0.15, -0.1) is 0 Å². The zero-order chi connectivity index (χ0) is 12.6. The van der Waals surface area contributed by atoms with Crippen molar-refractivity contribution < 1.29 is 9.53 Å². The van der Waals surface area contributed by atoms with Crippen molar-refractivity contribution in [3.63, 3.8) is 0 Å². The summed E-state index contributed by atoms with van der Waals surface area (Å²) in [6.45, 7) is 13.1.